The third-order valence-electron chi connectivity index (χ3n) is 7.77. The minimum atomic E-state index is -3.49. The van der Waals surface area contributed by atoms with Gasteiger partial charge in [-0.25, -0.2) is 8.42 Å². The molecule has 1 atom stereocenters. The van der Waals surface area contributed by atoms with E-state index in [4.69, 9.17) is 4.74 Å². The zero-order chi connectivity index (χ0) is 27.5. The average Bonchev–Trinajstić information content (AvgIpc) is 3.23. The topological polar surface area (TPSA) is 102 Å². The Hall–Kier alpha value is -2.99. The number of thioether (sulfide) groups is 1. The van der Waals surface area contributed by atoms with E-state index in [-0.39, 0.29) is 0 Å². The van der Waals surface area contributed by atoms with E-state index in [0.29, 0.717) is 37.1 Å². The Morgan fingerprint density at radius 1 is 1.10 bits per heavy atom. The first-order chi connectivity index (χ1) is 19.5. The van der Waals surface area contributed by atoms with Gasteiger partial charge < -0.3 is 14.6 Å². The van der Waals surface area contributed by atoms with Gasteiger partial charge in [0.25, 0.3) is 0 Å². The summed E-state index contributed by atoms with van der Waals surface area (Å²) in [5.74, 6) is 2.36. The van der Waals surface area contributed by atoms with Crippen molar-refractivity contribution in [1.29, 1.82) is 0 Å². The summed E-state index contributed by atoms with van der Waals surface area (Å²) in [5.41, 5.74) is 4.14. The van der Waals surface area contributed by atoms with Gasteiger partial charge in [-0.15, -0.1) is 10.2 Å². The molecule has 0 spiro atoms. The van der Waals surface area contributed by atoms with Gasteiger partial charge in [0, 0.05) is 55.3 Å². The highest BCUT2D eigenvalue weighted by Crippen LogP contribution is 2.31. The lowest BCUT2D eigenvalue weighted by atomic mass is 9.97. The molecule has 0 radical (unpaired) electrons. The maximum atomic E-state index is 13.1. The van der Waals surface area contributed by atoms with Crippen molar-refractivity contribution < 1.29 is 13.2 Å². The van der Waals surface area contributed by atoms with Crippen LogP contribution in [0.2, 0.25) is 0 Å². The summed E-state index contributed by atoms with van der Waals surface area (Å²) in [6.07, 6.45) is 5.90. The first-order valence-electron chi connectivity index (χ1n) is 13.8. The average molecular weight is 579 g/mol. The van der Waals surface area contributed by atoms with Crippen molar-refractivity contribution in [2.75, 3.05) is 43.9 Å². The number of sulfonamides is 1. The van der Waals surface area contributed by atoms with Crippen LogP contribution in [0.25, 0.3) is 22.3 Å². The molecule has 0 amide bonds. The smallest absolute Gasteiger partial charge is 0.243 e. The molecule has 1 unspecified atom stereocenters. The fraction of sp³-hybridized carbons (Fsp3) is 0.414. The molecule has 2 aliphatic heterocycles. The van der Waals surface area contributed by atoms with Crippen LogP contribution in [-0.4, -0.2) is 71.1 Å². The second kappa shape index (κ2) is 11.9. The SMILES string of the molecule is Cn1c(SCCCC2CCc3cc(S(=O)(=O)N4CCOCC4)ccc3NC2)nnc1-c1ccc2ncccc2c1. The van der Waals surface area contributed by atoms with Crippen LogP contribution in [0.5, 0.6) is 0 Å². The molecule has 4 aromatic rings. The van der Waals surface area contributed by atoms with Crippen LogP contribution in [0.4, 0.5) is 5.69 Å². The monoisotopic (exact) mass is 578 g/mol. The number of morpholine rings is 1. The summed E-state index contributed by atoms with van der Waals surface area (Å²) < 4.78 is 35.1. The van der Waals surface area contributed by atoms with Gasteiger partial charge in [0.1, 0.15) is 0 Å². The zero-order valence-electron chi connectivity index (χ0n) is 22.6. The Bertz CT molecular complexity index is 1600. The minimum Gasteiger partial charge on any atom is -0.385 e. The highest BCUT2D eigenvalue weighted by Gasteiger charge is 2.27. The number of anilines is 1. The predicted octanol–water partition coefficient (Wildman–Crippen LogP) is 4.60. The highest BCUT2D eigenvalue weighted by atomic mass is 32.2. The molecule has 4 heterocycles. The van der Waals surface area contributed by atoms with Crippen LogP contribution >= 0.6 is 11.8 Å². The Morgan fingerprint density at radius 2 is 1.98 bits per heavy atom. The Kier molecular flexibility index (Phi) is 8.06. The molecule has 0 saturated carbocycles. The number of nitrogens with zero attached hydrogens (tertiary/aromatic N) is 5. The summed E-state index contributed by atoms with van der Waals surface area (Å²) in [4.78, 5) is 4.78. The maximum absolute atomic E-state index is 13.1. The fourth-order valence-electron chi connectivity index (χ4n) is 5.45. The molecule has 2 aliphatic rings. The van der Waals surface area contributed by atoms with Gasteiger partial charge in [-0.2, -0.15) is 4.31 Å². The molecule has 6 rings (SSSR count). The maximum Gasteiger partial charge on any atom is 0.243 e. The van der Waals surface area contributed by atoms with E-state index in [0.717, 1.165) is 76.7 Å². The van der Waals surface area contributed by atoms with Crippen molar-refractivity contribution in [3.05, 3.63) is 60.3 Å². The number of nitrogens with one attached hydrogen (secondary N) is 1. The number of benzene rings is 2. The molecule has 11 heteroatoms. The molecule has 40 heavy (non-hydrogen) atoms. The van der Waals surface area contributed by atoms with Crippen molar-refractivity contribution in [3.8, 4) is 11.4 Å². The van der Waals surface area contributed by atoms with E-state index < -0.39 is 10.0 Å². The number of ether oxygens (including phenoxy) is 1. The first-order valence-corrected chi connectivity index (χ1v) is 16.2. The number of aryl methyl sites for hydroxylation is 1. The molecular weight excluding hydrogens is 544 g/mol. The van der Waals surface area contributed by atoms with Crippen molar-refractivity contribution in [3.63, 3.8) is 0 Å². The van der Waals surface area contributed by atoms with Gasteiger partial charge in [-0.1, -0.05) is 17.8 Å². The van der Waals surface area contributed by atoms with E-state index in [1.807, 2.05) is 37.4 Å². The molecule has 210 valence electrons. The third-order valence-corrected chi connectivity index (χ3v) is 10.8. The van der Waals surface area contributed by atoms with E-state index >= 15 is 0 Å². The van der Waals surface area contributed by atoms with Crippen LogP contribution in [0, 0.1) is 5.92 Å². The molecular formula is C29H34N6O3S2. The molecule has 2 aromatic heterocycles. The van der Waals surface area contributed by atoms with Crippen molar-refractivity contribution in [2.45, 2.75) is 35.7 Å². The number of rotatable bonds is 8. The largest absolute Gasteiger partial charge is 0.385 e. The molecule has 0 aliphatic carbocycles. The third kappa shape index (κ3) is 5.74. The van der Waals surface area contributed by atoms with E-state index in [2.05, 4.69) is 37.2 Å². The normalized spacial score (nSPS) is 18.3. The molecule has 1 saturated heterocycles. The van der Waals surface area contributed by atoms with Gasteiger partial charge in [-0.05, 0) is 79.6 Å². The second-order valence-electron chi connectivity index (χ2n) is 10.4. The molecule has 9 nitrogen and oxygen atoms in total. The Balaban J connectivity index is 1.02. The number of hydrogen-bond acceptors (Lipinski definition) is 8. The lowest BCUT2D eigenvalue weighted by molar-refractivity contribution is 0.0730. The molecule has 0 bridgehead atoms. The number of hydrogen-bond donors (Lipinski definition) is 1. The van der Waals surface area contributed by atoms with Crippen LogP contribution in [-0.2, 0) is 28.2 Å². The van der Waals surface area contributed by atoms with Gasteiger partial charge in [0.05, 0.1) is 23.6 Å². The number of pyridine rings is 1. The van der Waals surface area contributed by atoms with Gasteiger partial charge in [0.15, 0.2) is 11.0 Å². The van der Waals surface area contributed by atoms with Crippen LogP contribution in [0.15, 0.2) is 64.8 Å². The Morgan fingerprint density at radius 3 is 2.85 bits per heavy atom. The molecule has 2 aromatic carbocycles. The lowest BCUT2D eigenvalue weighted by Gasteiger charge is -2.26. The van der Waals surface area contributed by atoms with E-state index in [1.165, 1.54) is 4.31 Å². The predicted molar refractivity (Wildman–Crippen MR) is 158 cm³/mol. The number of aromatic nitrogens is 4. The summed E-state index contributed by atoms with van der Waals surface area (Å²) in [6.45, 7) is 2.62. The van der Waals surface area contributed by atoms with Crippen molar-refractivity contribution >= 4 is 38.4 Å². The Labute approximate surface area is 239 Å². The fourth-order valence-corrected chi connectivity index (χ4v) is 7.78. The van der Waals surface area contributed by atoms with Gasteiger partial charge >= 0.3 is 0 Å². The zero-order valence-corrected chi connectivity index (χ0v) is 24.3. The standard InChI is InChI=1S/C29H34N6O3S2/c1-34-28(24-8-10-26-22(18-24)5-2-12-30-26)32-33-29(34)39-17-3-4-21-6-7-23-19-25(9-11-27(23)31-20-21)40(36,37)35-13-15-38-16-14-35/h2,5,8-12,18-19,21,31H,3-4,6-7,13-17,20H2,1H3. The van der Waals surface area contributed by atoms with Crippen molar-refractivity contribution in [1.82, 2.24) is 24.1 Å². The number of fused-ring (bicyclic) bond motifs is 2. The molecule has 1 N–H and O–H groups in total. The minimum absolute atomic E-state index is 0.383. The van der Waals surface area contributed by atoms with E-state index in [9.17, 15) is 8.42 Å². The second-order valence-corrected chi connectivity index (χ2v) is 13.4. The molecule has 1 fully saturated rings. The first kappa shape index (κ1) is 27.2. The summed E-state index contributed by atoms with van der Waals surface area (Å²) in [7, 11) is -1.47. The van der Waals surface area contributed by atoms with Crippen LogP contribution < -0.4 is 5.32 Å². The van der Waals surface area contributed by atoms with Crippen molar-refractivity contribution in [2.24, 2.45) is 13.0 Å². The quantitative estimate of drug-likeness (QED) is 0.239. The van der Waals surface area contributed by atoms with Crippen LogP contribution in [0.3, 0.4) is 0 Å². The summed E-state index contributed by atoms with van der Waals surface area (Å²) >= 11 is 1.74. The van der Waals surface area contributed by atoms with Gasteiger partial charge in [-0.3, -0.25) is 4.98 Å². The van der Waals surface area contributed by atoms with Crippen LogP contribution in [0.1, 0.15) is 24.8 Å². The van der Waals surface area contributed by atoms with E-state index in [1.54, 1.807) is 24.0 Å². The summed E-state index contributed by atoms with van der Waals surface area (Å²) in [6, 6.07) is 15.7. The highest BCUT2D eigenvalue weighted by molar-refractivity contribution is 7.99. The lowest BCUT2D eigenvalue weighted by Crippen LogP contribution is -2.40. The summed E-state index contributed by atoms with van der Waals surface area (Å²) in [5, 5.41) is 14.5. The van der Waals surface area contributed by atoms with Gasteiger partial charge in [0.2, 0.25) is 10.0 Å².